The smallest absolute Gasteiger partial charge is 0.462 e. The standard InChI is InChI=1S/C77H134NO8P/c1-3-5-7-9-11-13-15-17-19-21-23-25-27-29-31-33-34-35-36-37-38-39-40-42-43-45-47-49-51-53-55-57-59-61-63-65-67-69-76(79)83-73-75(74-85-87(81,82)84-72-71-78)86-77(80)70-68-66-64-62-60-58-56-54-52-50-48-46-44-41-32-30-28-26-24-22-20-18-16-14-12-10-8-6-4-2/h6,8,12,14,18,20-21,23-24,26,30,32,44,46,50,52,56,58,62,64,75H,3-5,7,9-11,13,15-17,19,22,25,27-29,31,33-43,45,47-49,51,53-55,57,59-61,63,65-74,78H2,1-2H3,(H,81,82)/b8-6-,14-12-,20-18-,23-21-,26-24-,32-30-,46-44-,52-50-,58-56-,64-62-. The minimum absolute atomic E-state index is 0.0391. The van der Waals surface area contributed by atoms with Gasteiger partial charge in [0.25, 0.3) is 0 Å². The van der Waals surface area contributed by atoms with Crippen LogP contribution in [-0.4, -0.2) is 49.3 Å². The average molecular weight is 1230 g/mol. The first-order chi connectivity index (χ1) is 42.8. The Bertz CT molecular complexity index is 1840. The molecular formula is C77H134NO8P. The maximum absolute atomic E-state index is 12.7. The van der Waals surface area contributed by atoms with Gasteiger partial charge in [-0.2, -0.15) is 0 Å². The second kappa shape index (κ2) is 71.5. The monoisotopic (exact) mass is 1230 g/mol. The molecule has 2 atom stereocenters. The van der Waals surface area contributed by atoms with Gasteiger partial charge in [0.15, 0.2) is 6.10 Å². The fourth-order valence-electron chi connectivity index (χ4n) is 10.0. The van der Waals surface area contributed by atoms with Gasteiger partial charge >= 0.3 is 19.8 Å². The molecule has 0 saturated heterocycles. The van der Waals surface area contributed by atoms with Crippen LogP contribution in [-0.2, 0) is 32.7 Å². The molecule has 10 heteroatoms. The first-order valence-electron chi connectivity index (χ1n) is 36.0. The minimum atomic E-state index is -4.42. The van der Waals surface area contributed by atoms with Gasteiger partial charge in [-0.3, -0.25) is 18.6 Å². The number of carbonyl (C=O) groups is 2. The van der Waals surface area contributed by atoms with Crippen LogP contribution in [0.15, 0.2) is 122 Å². The Balaban J connectivity index is 3.92. The maximum Gasteiger partial charge on any atom is 0.472 e. The number of esters is 2. The molecule has 0 aliphatic rings. The lowest BCUT2D eigenvalue weighted by molar-refractivity contribution is -0.161. The number of phosphoric acid groups is 1. The summed E-state index contributed by atoms with van der Waals surface area (Å²) in [5, 5.41) is 0. The van der Waals surface area contributed by atoms with E-state index in [9.17, 15) is 19.0 Å². The number of unbranched alkanes of at least 4 members (excludes halogenated alkanes) is 34. The van der Waals surface area contributed by atoms with Gasteiger partial charge in [0.2, 0.25) is 0 Å². The lowest BCUT2D eigenvalue weighted by Crippen LogP contribution is -2.29. The predicted molar refractivity (Wildman–Crippen MR) is 376 cm³/mol. The zero-order valence-electron chi connectivity index (χ0n) is 56.2. The van der Waals surface area contributed by atoms with E-state index in [0.717, 1.165) is 77.0 Å². The first-order valence-corrected chi connectivity index (χ1v) is 37.5. The van der Waals surface area contributed by atoms with Gasteiger partial charge in [-0.1, -0.05) is 328 Å². The molecule has 0 aromatic heterocycles. The highest BCUT2D eigenvalue weighted by Crippen LogP contribution is 2.43. The normalized spacial score (nSPS) is 13.7. The molecule has 0 bridgehead atoms. The third kappa shape index (κ3) is 71.4. The second-order valence-corrected chi connectivity index (χ2v) is 25.2. The molecule has 0 saturated carbocycles. The van der Waals surface area contributed by atoms with Crippen LogP contribution < -0.4 is 5.73 Å². The lowest BCUT2D eigenvalue weighted by Gasteiger charge is -2.19. The molecule has 0 heterocycles. The van der Waals surface area contributed by atoms with Crippen molar-refractivity contribution in [2.75, 3.05) is 26.4 Å². The van der Waals surface area contributed by atoms with E-state index < -0.39 is 32.5 Å². The number of ether oxygens (including phenoxy) is 2. The van der Waals surface area contributed by atoms with E-state index in [4.69, 9.17) is 24.3 Å². The average Bonchev–Trinajstić information content (AvgIpc) is 3.63. The van der Waals surface area contributed by atoms with Crippen molar-refractivity contribution in [3.05, 3.63) is 122 Å². The Labute approximate surface area is 536 Å². The zero-order chi connectivity index (χ0) is 63.0. The fourth-order valence-corrected chi connectivity index (χ4v) is 10.8. The second-order valence-electron chi connectivity index (χ2n) is 23.7. The van der Waals surface area contributed by atoms with Crippen LogP contribution in [0.5, 0.6) is 0 Å². The number of nitrogens with two attached hydrogens (primary N) is 1. The van der Waals surface area contributed by atoms with Gasteiger partial charge < -0.3 is 20.1 Å². The summed E-state index contributed by atoms with van der Waals surface area (Å²) in [6, 6.07) is 0. The van der Waals surface area contributed by atoms with Crippen LogP contribution in [0.25, 0.3) is 0 Å². The van der Waals surface area contributed by atoms with Crippen LogP contribution in [0.2, 0.25) is 0 Å². The third-order valence-corrected chi connectivity index (χ3v) is 16.3. The van der Waals surface area contributed by atoms with Crippen molar-refractivity contribution in [3.8, 4) is 0 Å². The molecule has 0 fully saturated rings. The van der Waals surface area contributed by atoms with Crippen LogP contribution in [0.4, 0.5) is 0 Å². The largest absolute Gasteiger partial charge is 0.472 e. The first kappa shape index (κ1) is 83.4. The van der Waals surface area contributed by atoms with Gasteiger partial charge in [-0.05, 0) is 103 Å². The summed E-state index contributed by atoms with van der Waals surface area (Å²) in [6.07, 6.45) is 100. The maximum atomic E-state index is 12.7. The summed E-state index contributed by atoms with van der Waals surface area (Å²) in [5.74, 6) is -0.894. The molecule has 0 radical (unpaired) electrons. The molecule has 0 aliphatic heterocycles. The highest BCUT2D eigenvalue weighted by Gasteiger charge is 2.26. The topological polar surface area (TPSA) is 134 Å². The Morgan fingerprint density at radius 2 is 0.644 bits per heavy atom. The van der Waals surface area contributed by atoms with Crippen molar-refractivity contribution >= 4 is 19.8 Å². The number of phosphoric ester groups is 1. The fraction of sp³-hybridized carbons (Fsp3) is 0.714. The molecular weight excluding hydrogens is 1100 g/mol. The van der Waals surface area contributed by atoms with E-state index in [0.29, 0.717) is 12.8 Å². The Morgan fingerprint density at radius 1 is 0.356 bits per heavy atom. The van der Waals surface area contributed by atoms with Gasteiger partial charge in [0, 0.05) is 19.4 Å². The molecule has 0 aliphatic carbocycles. The third-order valence-electron chi connectivity index (χ3n) is 15.3. The Morgan fingerprint density at radius 3 is 0.989 bits per heavy atom. The van der Waals surface area contributed by atoms with E-state index in [1.54, 1.807) is 0 Å². The van der Waals surface area contributed by atoms with E-state index in [1.165, 1.54) is 205 Å². The number of carbonyl (C=O) groups excluding carboxylic acids is 2. The minimum Gasteiger partial charge on any atom is -0.462 e. The molecule has 87 heavy (non-hydrogen) atoms. The summed E-state index contributed by atoms with van der Waals surface area (Å²) in [5.41, 5.74) is 5.40. The van der Waals surface area contributed by atoms with Crippen molar-refractivity contribution in [2.24, 2.45) is 5.73 Å². The van der Waals surface area contributed by atoms with Crippen molar-refractivity contribution in [1.29, 1.82) is 0 Å². The van der Waals surface area contributed by atoms with Crippen molar-refractivity contribution < 1.29 is 37.6 Å². The van der Waals surface area contributed by atoms with Gasteiger partial charge in [-0.25, -0.2) is 4.57 Å². The van der Waals surface area contributed by atoms with E-state index in [1.807, 2.05) is 6.08 Å². The molecule has 0 spiro atoms. The summed E-state index contributed by atoms with van der Waals surface area (Å²) in [4.78, 5) is 35.3. The van der Waals surface area contributed by atoms with Gasteiger partial charge in [-0.15, -0.1) is 0 Å². The number of hydrogen-bond donors (Lipinski definition) is 2. The molecule has 0 aromatic rings. The number of rotatable bonds is 67. The van der Waals surface area contributed by atoms with Gasteiger partial charge in [0.1, 0.15) is 6.61 Å². The van der Waals surface area contributed by atoms with Crippen LogP contribution >= 0.6 is 7.82 Å². The van der Waals surface area contributed by atoms with Crippen LogP contribution in [0.1, 0.15) is 322 Å². The number of allylic oxidation sites excluding steroid dienone is 20. The lowest BCUT2D eigenvalue weighted by atomic mass is 10.0. The van der Waals surface area contributed by atoms with E-state index in [-0.39, 0.29) is 32.6 Å². The summed E-state index contributed by atoms with van der Waals surface area (Å²) in [7, 11) is -4.42. The number of hydrogen-bond acceptors (Lipinski definition) is 8. The summed E-state index contributed by atoms with van der Waals surface area (Å²) < 4.78 is 33.1. The molecule has 0 aromatic carbocycles. The molecule has 0 amide bonds. The highest BCUT2D eigenvalue weighted by molar-refractivity contribution is 7.47. The Kier molecular flexibility index (Phi) is 68.5. The molecule has 0 rings (SSSR count). The summed E-state index contributed by atoms with van der Waals surface area (Å²) in [6.45, 7) is 3.59. The quantitative estimate of drug-likeness (QED) is 0.0264. The SMILES string of the molecule is CC/C=C\C/C=C\C/C=C\C/C=C\C/C=C\C/C=C\C/C=C\C/C=C\C/C=C\CCCC(=O)OC(COC(=O)CCCCCCCCCCCCCCCCCCCCCCCCCCC/C=C\CCCCCCCCCC)COP(=O)(O)OCCN. The van der Waals surface area contributed by atoms with Crippen LogP contribution in [0.3, 0.4) is 0 Å². The van der Waals surface area contributed by atoms with Gasteiger partial charge in [0.05, 0.1) is 13.2 Å². The Hall–Kier alpha value is -3.59. The van der Waals surface area contributed by atoms with E-state index >= 15 is 0 Å². The zero-order valence-corrected chi connectivity index (χ0v) is 57.1. The van der Waals surface area contributed by atoms with Crippen LogP contribution in [0, 0.1) is 0 Å². The summed E-state index contributed by atoms with van der Waals surface area (Å²) >= 11 is 0. The molecule has 9 nitrogen and oxygen atoms in total. The predicted octanol–water partition coefficient (Wildman–Crippen LogP) is 23.9. The molecule has 500 valence electrons. The highest BCUT2D eigenvalue weighted by atomic mass is 31.2. The molecule has 3 N–H and O–H groups in total. The van der Waals surface area contributed by atoms with Crippen molar-refractivity contribution in [2.45, 2.75) is 328 Å². The van der Waals surface area contributed by atoms with Crippen molar-refractivity contribution in [1.82, 2.24) is 0 Å². The van der Waals surface area contributed by atoms with Crippen molar-refractivity contribution in [3.63, 3.8) is 0 Å². The van der Waals surface area contributed by atoms with E-state index in [2.05, 4.69) is 129 Å². The molecule has 2 unspecified atom stereocenters.